The summed E-state index contributed by atoms with van der Waals surface area (Å²) in [7, 11) is -2.16. The molecular formula is C35H45ClN2O5S. The smallest absolute Gasteiger partial charge is 0.264 e. The van der Waals surface area contributed by atoms with Crippen molar-refractivity contribution in [3.8, 4) is 5.75 Å². The maximum atomic E-state index is 13.6. The van der Waals surface area contributed by atoms with Crippen molar-refractivity contribution in [3.05, 3.63) is 70.3 Å². The summed E-state index contributed by atoms with van der Waals surface area (Å²) in [6.45, 7) is 7.92. The Morgan fingerprint density at radius 2 is 1.95 bits per heavy atom. The third kappa shape index (κ3) is 5.78. The van der Waals surface area contributed by atoms with E-state index in [-0.39, 0.29) is 23.4 Å². The van der Waals surface area contributed by atoms with Crippen LogP contribution < -0.4 is 14.4 Å². The average molecular weight is 641 g/mol. The third-order valence-electron chi connectivity index (χ3n) is 11.0. The van der Waals surface area contributed by atoms with Gasteiger partial charge in [-0.1, -0.05) is 50.6 Å². The summed E-state index contributed by atoms with van der Waals surface area (Å²) in [6, 6.07) is 11.6. The molecule has 2 aromatic rings. The van der Waals surface area contributed by atoms with E-state index in [1.807, 2.05) is 39.0 Å². The molecule has 2 heterocycles. The predicted octanol–water partition coefficient (Wildman–Crippen LogP) is 6.53. The number of carbonyl (C=O) groups is 1. The molecular weight excluding hydrogens is 596 g/mol. The molecule has 1 N–H and O–H groups in total. The van der Waals surface area contributed by atoms with Crippen molar-refractivity contribution >= 4 is 33.2 Å². The minimum absolute atomic E-state index is 0.0101. The van der Waals surface area contributed by atoms with Crippen LogP contribution in [0, 0.1) is 23.7 Å². The van der Waals surface area contributed by atoms with Crippen molar-refractivity contribution in [1.29, 1.82) is 0 Å². The van der Waals surface area contributed by atoms with Gasteiger partial charge in [-0.2, -0.15) is 0 Å². The standard InChI is InChI=1S/C35H45ClN2O5S/c1-5-33-23(3)22(2)8-14-31(42-4)28-12-9-26(28)19-38-20-35(16-6-7-24-17-27(36)11-13-29(24)35)21-43-32-15-10-25(18-30(32)38)34(39)37-44(33,40)41/h8,10-11,13-15,17-18,22-23,26,28,31,33H,5-7,9,12,16,19-21H2,1-4H3,(H,37,39)/b14-8+/t22-,23?,26-,28+,31-,33-,35-/m0/s1. The van der Waals surface area contributed by atoms with Gasteiger partial charge in [-0.3, -0.25) is 4.79 Å². The van der Waals surface area contributed by atoms with Gasteiger partial charge in [0.2, 0.25) is 10.0 Å². The van der Waals surface area contributed by atoms with E-state index in [4.69, 9.17) is 21.1 Å². The fourth-order valence-corrected chi connectivity index (χ4v) is 10.1. The van der Waals surface area contributed by atoms with Crippen LogP contribution in [-0.2, 0) is 26.6 Å². The van der Waals surface area contributed by atoms with Crippen LogP contribution in [0.4, 0.5) is 5.69 Å². The molecule has 4 aliphatic rings. The average Bonchev–Trinajstić information content (AvgIpc) is 3.13. The van der Waals surface area contributed by atoms with Crippen molar-refractivity contribution in [3.63, 3.8) is 0 Å². The number of aryl methyl sites for hydroxylation is 1. The summed E-state index contributed by atoms with van der Waals surface area (Å²) in [5, 5.41) is 0.0380. The van der Waals surface area contributed by atoms with Crippen molar-refractivity contribution in [1.82, 2.24) is 4.72 Å². The zero-order valence-corrected chi connectivity index (χ0v) is 27.8. The van der Waals surface area contributed by atoms with Gasteiger partial charge in [0.15, 0.2) is 0 Å². The van der Waals surface area contributed by atoms with Crippen LogP contribution in [0.3, 0.4) is 0 Å². The molecule has 0 saturated heterocycles. The Morgan fingerprint density at radius 3 is 2.68 bits per heavy atom. The molecule has 7 nitrogen and oxygen atoms in total. The highest BCUT2D eigenvalue weighted by Crippen LogP contribution is 2.47. The van der Waals surface area contributed by atoms with Gasteiger partial charge in [-0.15, -0.1) is 0 Å². The van der Waals surface area contributed by atoms with E-state index in [9.17, 15) is 13.2 Å². The SMILES string of the molecule is CC[C@H]1C(C)[C@@H](C)/C=C/[C@H](OC)[C@@H]2CC[C@H]2CN2C[C@@]3(CCCc4cc(Cl)ccc43)COc3ccc(cc32)C(=O)NS1(=O)=O. The molecule has 7 atom stereocenters. The minimum Gasteiger partial charge on any atom is -0.490 e. The number of anilines is 1. The summed E-state index contributed by atoms with van der Waals surface area (Å²) in [4.78, 5) is 16.0. The molecule has 1 unspecified atom stereocenters. The number of rotatable bonds is 2. The van der Waals surface area contributed by atoms with E-state index in [1.165, 1.54) is 11.1 Å². The summed E-state index contributed by atoms with van der Waals surface area (Å²) < 4.78 is 42.2. The number of amides is 1. The Hall–Kier alpha value is -2.55. The molecule has 0 radical (unpaired) electrons. The number of halogens is 1. The van der Waals surface area contributed by atoms with Crippen molar-refractivity contribution in [2.24, 2.45) is 23.7 Å². The molecule has 1 amide bonds. The molecule has 2 aromatic carbocycles. The molecule has 238 valence electrons. The van der Waals surface area contributed by atoms with Crippen LogP contribution in [0.1, 0.15) is 74.4 Å². The first-order valence-corrected chi connectivity index (χ1v) is 18.1. The largest absolute Gasteiger partial charge is 0.490 e. The highest BCUT2D eigenvalue weighted by atomic mass is 35.5. The number of fused-ring (bicyclic) bond motifs is 4. The van der Waals surface area contributed by atoms with Crippen LogP contribution in [0.5, 0.6) is 5.75 Å². The van der Waals surface area contributed by atoms with Crippen LogP contribution in [0.2, 0.25) is 5.02 Å². The molecule has 6 rings (SSSR count). The number of hydrogen-bond donors (Lipinski definition) is 1. The van der Waals surface area contributed by atoms with Crippen LogP contribution in [-0.4, -0.2) is 52.5 Å². The van der Waals surface area contributed by atoms with E-state index in [0.29, 0.717) is 30.4 Å². The number of nitrogens with one attached hydrogen (secondary N) is 1. The first kappa shape index (κ1) is 31.4. The topological polar surface area (TPSA) is 84.9 Å². The van der Waals surface area contributed by atoms with Crippen molar-refractivity contribution < 1.29 is 22.7 Å². The summed E-state index contributed by atoms with van der Waals surface area (Å²) in [5.74, 6) is 0.670. The number of methoxy groups -OCH3 is 1. The maximum Gasteiger partial charge on any atom is 0.264 e. The van der Waals surface area contributed by atoms with E-state index >= 15 is 0 Å². The van der Waals surface area contributed by atoms with Gasteiger partial charge in [0.1, 0.15) is 5.75 Å². The van der Waals surface area contributed by atoms with Gasteiger partial charge in [0.25, 0.3) is 5.91 Å². The van der Waals surface area contributed by atoms with Gasteiger partial charge in [0.05, 0.1) is 23.6 Å². The number of allylic oxidation sites excluding steroid dienone is 1. The summed E-state index contributed by atoms with van der Waals surface area (Å²) >= 11 is 6.42. The first-order chi connectivity index (χ1) is 21.0. The predicted molar refractivity (Wildman–Crippen MR) is 175 cm³/mol. The number of nitrogens with zero attached hydrogens (tertiary/aromatic N) is 1. The lowest BCUT2D eigenvalue weighted by Gasteiger charge is -2.46. The Bertz CT molecular complexity index is 1540. The lowest BCUT2D eigenvalue weighted by molar-refractivity contribution is 0.0129. The monoisotopic (exact) mass is 640 g/mol. The molecule has 2 aliphatic carbocycles. The zero-order chi connectivity index (χ0) is 31.2. The third-order valence-corrected chi connectivity index (χ3v) is 13.2. The number of benzene rings is 2. The second kappa shape index (κ2) is 12.3. The van der Waals surface area contributed by atoms with Gasteiger partial charge < -0.3 is 14.4 Å². The van der Waals surface area contributed by atoms with Crippen molar-refractivity contribution in [2.75, 3.05) is 31.7 Å². The molecule has 0 aromatic heterocycles. The maximum absolute atomic E-state index is 13.6. The second-order valence-electron chi connectivity index (χ2n) is 13.5. The Balaban J connectivity index is 1.44. The fraction of sp³-hybridized carbons (Fsp3) is 0.571. The number of ether oxygens (including phenoxy) is 2. The van der Waals surface area contributed by atoms with Gasteiger partial charge in [-0.25, -0.2) is 13.1 Å². The number of carbonyl (C=O) groups excluding carboxylic acids is 1. The van der Waals surface area contributed by atoms with E-state index in [1.54, 1.807) is 13.2 Å². The molecule has 1 fully saturated rings. The van der Waals surface area contributed by atoms with Crippen LogP contribution >= 0.6 is 11.6 Å². The normalized spacial score (nSPS) is 34.0. The lowest BCUT2D eigenvalue weighted by atomic mass is 9.68. The van der Waals surface area contributed by atoms with Crippen LogP contribution in [0.15, 0.2) is 48.6 Å². The lowest BCUT2D eigenvalue weighted by Crippen LogP contribution is -2.49. The van der Waals surface area contributed by atoms with E-state index in [2.05, 4.69) is 33.9 Å². The highest BCUT2D eigenvalue weighted by Gasteiger charge is 2.44. The van der Waals surface area contributed by atoms with Crippen molar-refractivity contribution in [2.45, 2.75) is 76.1 Å². The van der Waals surface area contributed by atoms with Gasteiger partial charge in [-0.05, 0) is 104 Å². The van der Waals surface area contributed by atoms with Gasteiger partial charge in [0, 0.05) is 36.2 Å². The number of sulfonamides is 1. The second-order valence-corrected chi connectivity index (χ2v) is 15.9. The Morgan fingerprint density at radius 1 is 1.14 bits per heavy atom. The molecule has 1 saturated carbocycles. The first-order valence-electron chi connectivity index (χ1n) is 16.1. The Kier molecular flexibility index (Phi) is 8.81. The van der Waals surface area contributed by atoms with E-state index < -0.39 is 21.2 Å². The molecule has 44 heavy (non-hydrogen) atoms. The Labute approximate surface area is 267 Å². The quantitative estimate of drug-likeness (QED) is 0.376. The summed E-state index contributed by atoms with van der Waals surface area (Å²) in [6.07, 6.45) is 9.82. The molecule has 2 aliphatic heterocycles. The molecule has 2 bridgehead atoms. The highest BCUT2D eigenvalue weighted by molar-refractivity contribution is 7.90. The minimum atomic E-state index is -3.93. The fourth-order valence-electron chi connectivity index (χ4n) is 8.12. The van der Waals surface area contributed by atoms with Gasteiger partial charge >= 0.3 is 0 Å². The molecule has 9 heteroatoms. The van der Waals surface area contributed by atoms with Crippen LogP contribution in [0.25, 0.3) is 0 Å². The zero-order valence-electron chi connectivity index (χ0n) is 26.2. The summed E-state index contributed by atoms with van der Waals surface area (Å²) in [5.41, 5.74) is 3.48. The van der Waals surface area contributed by atoms with E-state index in [0.717, 1.165) is 61.7 Å². The number of hydrogen-bond acceptors (Lipinski definition) is 6. The molecule has 1 spiro atoms.